The molecule has 3 heterocycles. The first-order valence-electron chi connectivity index (χ1n) is 9.27. The van der Waals surface area contributed by atoms with Crippen LogP contribution in [0, 0.1) is 5.92 Å². The highest BCUT2D eigenvalue weighted by atomic mass is 19.4. The monoisotopic (exact) mass is 392 g/mol. The molecule has 0 saturated carbocycles. The number of amides is 1. The summed E-state index contributed by atoms with van der Waals surface area (Å²) in [4.78, 5) is 37.7. The molecule has 6 nitrogen and oxygen atoms in total. The van der Waals surface area contributed by atoms with E-state index in [1.807, 2.05) is 0 Å². The van der Waals surface area contributed by atoms with Gasteiger partial charge in [0.15, 0.2) is 5.82 Å². The predicted octanol–water partition coefficient (Wildman–Crippen LogP) is 2.74. The number of pyridine rings is 1. The smallest absolute Gasteiger partial charge is 0.339 e. The first-order valence-corrected chi connectivity index (χ1v) is 9.27. The van der Waals surface area contributed by atoms with Crippen molar-refractivity contribution in [3.05, 3.63) is 45.5 Å². The average Bonchev–Trinajstić information content (AvgIpc) is 3.16. The SMILES string of the molecule is O=C(c1ccnc(-c2nc3c(c(=O)[nH]2)CCC3)c1)N1CCC(C(F)(F)F)CC1. The minimum atomic E-state index is -4.22. The number of aromatic nitrogens is 3. The molecular formula is C19H19F3N4O2. The van der Waals surface area contributed by atoms with Gasteiger partial charge in [0.05, 0.1) is 11.6 Å². The average molecular weight is 392 g/mol. The summed E-state index contributed by atoms with van der Waals surface area (Å²) in [5.74, 6) is -1.39. The molecule has 0 spiro atoms. The van der Waals surface area contributed by atoms with Gasteiger partial charge < -0.3 is 9.88 Å². The summed E-state index contributed by atoms with van der Waals surface area (Å²) in [5.41, 5.74) is 1.95. The van der Waals surface area contributed by atoms with Crippen LogP contribution in [-0.2, 0) is 12.8 Å². The number of rotatable bonds is 2. The molecule has 0 radical (unpaired) electrons. The van der Waals surface area contributed by atoms with E-state index in [4.69, 9.17) is 0 Å². The van der Waals surface area contributed by atoms with Crippen molar-refractivity contribution >= 4 is 5.91 Å². The van der Waals surface area contributed by atoms with E-state index in [1.165, 1.54) is 23.2 Å². The summed E-state index contributed by atoms with van der Waals surface area (Å²) in [5, 5.41) is 0. The topological polar surface area (TPSA) is 79.0 Å². The molecule has 148 valence electrons. The van der Waals surface area contributed by atoms with Gasteiger partial charge in [-0.05, 0) is 44.2 Å². The van der Waals surface area contributed by atoms with E-state index >= 15 is 0 Å². The van der Waals surface area contributed by atoms with Gasteiger partial charge in [0.25, 0.3) is 11.5 Å². The van der Waals surface area contributed by atoms with Crippen LogP contribution in [0.5, 0.6) is 0 Å². The number of fused-ring (bicyclic) bond motifs is 1. The number of nitrogens with zero attached hydrogens (tertiary/aromatic N) is 3. The number of aromatic amines is 1. The van der Waals surface area contributed by atoms with Crippen molar-refractivity contribution in [2.45, 2.75) is 38.3 Å². The predicted molar refractivity (Wildman–Crippen MR) is 94.8 cm³/mol. The number of piperidine rings is 1. The summed E-state index contributed by atoms with van der Waals surface area (Å²) >= 11 is 0. The molecule has 2 aromatic heterocycles. The Bertz CT molecular complexity index is 962. The van der Waals surface area contributed by atoms with E-state index in [0.29, 0.717) is 29.1 Å². The fraction of sp³-hybridized carbons (Fsp3) is 0.474. The van der Waals surface area contributed by atoms with Gasteiger partial charge in [-0.1, -0.05) is 0 Å². The minimum Gasteiger partial charge on any atom is -0.339 e. The van der Waals surface area contributed by atoms with Gasteiger partial charge >= 0.3 is 6.18 Å². The van der Waals surface area contributed by atoms with E-state index in [1.54, 1.807) is 0 Å². The zero-order chi connectivity index (χ0) is 19.9. The van der Waals surface area contributed by atoms with E-state index in [2.05, 4.69) is 15.0 Å². The molecule has 1 amide bonds. The Hall–Kier alpha value is -2.71. The molecular weight excluding hydrogens is 373 g/mol. The maximum atomic E-state index is 12.8. The van der Waals surface area contributed by atoms with Crippen molar-refractivity contribution in [1.82, 2.24) is 19.9 Å². The van der Waals surface area contributed by atoms with Gasteiger partial charge in [-0.25, -0.2) is 4.98 Å². The van der Waals surface area contributed by atoms with Crippen LogP contribution in [-0.4, -0.2) is 45.0 Å². The Balaban J connectivity index is 1.54. The molecule has 4 rings (SSSR count). The highest BCUT2D eigenvalue weighted by Crippen LogP contribution is 2.34. The first-order chi connectivity index (χ1) is 13.3. The van der Waals surface area contributed by atoms with E-state index in [0.717, 1.165) is 18.5 Å². The summed E-state index contributed by atoms with van der Waals surface area (Å²) in [7, 11) is 0. The van der Waals surface area contributed by atoms with Crippen LogP contribution < -0.4 is 5.56 Å². The Morgan fingerprint density at radius 2 is 1.96 bits per heavy atom. The van der Waals surface area contributed by atoms with Crippen LogP contribution in [0.4, 0.5) is 13.2 Å². The van der Waals surface area contributed by atoms with Crippen LogP contribution in [0.1, 0.15) is 40.9 Å². The molecule has 0 bridgehead atoms. The van der Waals surface area contributed by atoms with Crippen molar-refractivity contribution in [2.24, 2.45) is 5.92 Å². The second-order valence-electron chi connectivity index (χ2n) is 7.23. The van der Waals surface area contributed by atoms with Gasteiger partial charge in [-0.3, -0.25) is 14.6 Å². The van der Waals surface area contributed by atoms with Crippen molar-refractivity contribution < 1.29 is 18.0 Å². The summed E-state index contributed by atoms with van der Waals surface area (Å²) < 4.78 is 38.4. The van der Waals surface area contributed by atoms with Gasteiger partial charge in [0.1, 0.15) is 5.69 Å². The Morgan fingerprint density at radius 3 is 2.68 bits per heavy atom. The van der Waals surface area contributed by atoms with Crippen molar-refractivity contribution in [2.75, 3.05) is 13.1 Å². The quantitative estimate of drug-likeness (QED) is 0.853. The van der Waals surface area contributed by atoms with E-state index in [-0.39, 0.29) is 37.4 Å². The molecule has 0 atom stereocenters. The second kappa shape index (κ2) is 7.03. The molecule has 1 aliphatic heterocycles. The first kappa shape index (κ1) is 18.6. The lowest BCUT2D eigenvalue weighted by molar-refractivity contribution is -0.183. The maximum Gasteiger partial charge on any atom is 0.391 e. The number of nitrogens with one attached hydrogen (secondary N) is 1. The minimum absolute atomic E-state index is 0.0641. The molecule has 1 saturated heterocycles. The maximum absolute atomic E-state index is 12.8. The number of H-pyrrole nitrogens is 1. The number of aryl methyl sites for hydroxylation is 1. The summed E-state index contributed by atoms with van der Waals surface area (Å²) in [6.45, 7) is 0.128. The summed E-state index contributed by atoms with van der Waals surface area (Å²) in [6, 6.07) is 3.05. The Labute approximate surface area is 158 Å². The number of alkyl halides is 3. The number of hydrogen-bond donors (Lipinski definition) is 1. The highest BCUT2D eigenvalue weighted by Gasteiger charge is 2.41. The number of hydrogen-bond acceptors (Lipinski definition) is 4. The summed E-state index contributed by atoms with van der Waals surface area (Å²) in [6.07, 6.45) is -0.631. The fourth-order valence-electron chi connectivity index (χ4n) is 3.85. The second-order valence-corrected chi connectivity index (χ2v) is 7.23. The Kier molecular flexibility index (Phi) is 4.68. The van der Waals surface area contributed by atoms with Crippen LogP contribution in [0.25, 0.3) is 11.5 Å². The molecule has 9 heteroatoms. The zero-order valence-corrected chi connectivity index (χ0v) is 15.1. The third-order valence-electron chi connectivity index (χ3n) is 5.44. The van der Waals surface area contributed by atoms with Gasteiger partial charge in [-0.2, -0.15) is 13.2 Å². The molecule has 1 aliphatic carbocycles. The molecule has 0 aromatic carbocycles. The van der Waals surface area contributed by atoms with Gasteiger partial charge in [-0.15, -0.1) is 0 Å². The molecule has 2 aliphatic rings. The highest BCUT2D eigenvalue weighted by molar-refractivity contribution is 5.95. The lowest BCUT2D eigenvalue weighted by atomic mass is 9.96. The zero-order valence-electron chi connectivity index (χ0n) is 15.1. The lowest BCUT2D eigenvalue weighted by Gasteiger charge is -2.33. The van der Waals surface area contributed by atoms with E-state index in [9.17, 15) is 22.8 Å². The molecule has 28 heavy (non-hydrogen) atoms. The fourth-order valence-corrected chi connectivity index (χ4v) is 3.85. The van der Waals surface area contributed by atoms with Crippen molar-refractivity contribution in [1.29, 1.82) is 0 Å². The Morgan fingerprint density at radius 1 is 1.21 bits per heavy atom. The van der Waals surface area contributed by atoms with Crippen molar-refractivity contribution in [3.8, 4) is 11.5 Å². The van der Waals surface area contributed by atoms with E-state index < -0.39 is 12.1 Å². The normalized spacial score (nSPS) is 17.6. The number of likely N-dealkylation sites (tertiary alicyclic amines) is 1. The lowest BCUT2D eigenvalue weighted by Crippen LogP contribution is -2.42. The van der Waals surface area contributed by atoms with Crippen molar-refractivity contribution in [3.63, 3.8) is 0 Å². The number of carbonyl (C=O) groups is 1. The van der Waals surface area contributed by atoms with Crippen LogP contribution in [0.15, 0.2) is 23.1 Å². The standard InChI is InChI=1S/C19H19F3N4O2/c20-19(21,22)12-5-8-26(9-6-12)18(28)11-4-7-23-15(10-11)16-24-14-3-1-2-13(14)17(27)25-16/h4,7,10,12H,1-3,5-6,8-9H2,(H,24,25,27). The van der Waals surface area contributed by atoms with Gasteiger partial charge in [0, 0.05) is 30.4 Å². The molecule has 1 N–H and O–H groups in total. The third kappa shape index (κ3) is 3.53. The number of carbonyl (C=O) groups excluding carboxylic acids is 1. The van der Waals surface area contributed by atoms with Crippen LogP contribution in [0.2, 0.25) is 0 Å². The number of halogens is 3. The molecule has 1 fully saturated rings. The third-order valence-corrected chi connectivity index (χ3v) is 5.44. The van der Waals surface area contributed by atoms with Crippen LogP contribution in [0.3, 0.4) is 0 Å². The molecule has 0 unspecified atom stereocenters. The van der Waals surface area contributed by atoms with Crippen LogP contribution >= 0.6 is 0 Å². The molecule has 2 aromatic rings. The largest absolute Gasteiger partial charge is 0.391 e. The van der Waals surface area contributed by atoms with Gasteiger partial charge in [0.2, 0.25) is 0 Å².